The van der Waals surface area contributed by atoms with Gasteiger partial charge in [-0.3, -0.25) is 5.41 Å². The first-order valence-electron chi connectivity index (χ1n) is 4.80. The molecule has 1 rings (SSSR count). The molecule has 1 heterocycles. The van der Waals surface area contributed by atoms with Gasteiger partial charge >= 0.3 is 6.18 Å². The van der Waals surface area contributed by atoms with Gasteiger partial charge in [0.25, 0.3) is 0 Å². The highest BCUT2D eigenvalue weighted by atomic mass is 19.4. The molecule has 0 fully saturated rings. The molecule has 0 bridgehead atoms. The van der Waals surface area contributed by atoms with Crippen LogP contribution in [0.3, 0.4) is 0 Å². The molecule has 5 nitrogen and oxygen atoms in total. The van der Waals surface area contributed by atoms with Crippen LogP contribution in [-0.2, 0) is 7.05 Å². The fourth-order valence-electron chi connectivity index (χ4n) is 1.38. The number of aryl methyl sites for hydroxylation is 2. The van der Waals surface area contributed by atoms with Crippen molar-refractivity contribution in [3.8, 4) is 5.88 Å². The number of halogens is 3. The smallest absolute Gasteiger partial charge is 0.392 e. The number of nitrogens with two attached hydrogens (primary N) is 1. The topological polar surface area (TPSA) is 76.9 Å². The Hall–Kier alpha value is -1.73. The van der Waals surface area contributed by atoms with Crippen LogP contribution in [-0.4, -0.2) is 28.4 Å². The zero-order valence-corrected chi connectivity index (χ0v) is 9.43. The Kier molecular flexibility index (Phi) is 3.64. The van der Waals surface area contributed by atoms with Gasteiger partial charge in [0, 0.05) is 7.05 Å². The molecule has 0 amide bonds. The van der Waals surface area contributed by atoms with Crippen molar-refractivity contribution in [1.29, 1.82) is 5.41 Å². The molecule has 96 valence electrons. The van der Waals surface area contributed by atoms with E-state index < -0.39 is 19.2 Å². The van der Waals surface area contributed by atoms with Crippen LogP contribution in [0.2, 0.25) is 0 Å². The van der Waals surface area contributed by atoms with E-state index in [4.69, 9.17) is 15.9 Å². The van der Waals surface area contributed by atoms with E-state index in [0.29, 0.717) is 5.69 Å². The predicted octanol–water partition coefficient (Wildman–Crippen LogP) is 1.34. The first-order valence-corrected chi connectivity index (χ1v) is 4.80. The molecular formula is C9H13F3N4O. The molecule has 17 heavy (non-hydrogen) atoms. The zero-order valence-electron chi connectivity index (χ0n) is 9.43. The second-order valence-corrected chi connectivity index (χ2v) is 3.52. The lowest BCUT2D eigenvalue weighted by atomic mass is 10.2. The number of alkyl halides is 3. The summed E-state index contributed by atoms with van der Waals surface area (Å²) in [5, 5.41) is 11.2. The molecule has 1 aromatic heterocycles. The summed E-state index contributed by atoms with van der Waals surface area (Å²) in [5.41, 5.74) is 5.99. The highest BCUT2D eigenvalue weighted by molar-refractivity contribution is 5.98. The lowest BCUT2D eigenvalue weighted by Gasteiger charge is -2.10. The van der Waals surface area contributed by atoms with E-state index in [-0.39, 0.29) is 17.3 Å². The minimum Gasteiger partial charge on any atom is -0.477 e. The van der Waals surface area contributed by atoms with Gasteiger partial charge in [-0.2, -0.15) is 18.3 Å². The maximum absolute atomic E-state index is 12.0. The number of amidine groups is 1. The van der Waals surface area contributed by atoms with E-state index in [1.165, 1.54) is 11.7 Å². The number of nitrogens with zero attached hydrogens (tertiary/aromatic N) is 2. The van der Waals surface area contributed by atoms with Crippen LogP contribution in [0.15, 0.2) is 0 Å². The Labute approximate surface area is 95.9 Å². The van der Waals surface area contributed by atoms with E-state index in [1.807, 2.05) is 0 Å². The van der Waals surface area contributed by atoms with Crippen molar-refractivity contribution in [2.24, 2.45) is 12.8 Å². The molecule has 3 N–H and O–H groups in total. The van der Waals surface area contributed by atoms with Crippen molar-refractivity contribution in [1.82, 2.24) is 9.78 Å². The Balaban J connectivity index is 2.80. The lowest BCUT2D eigenvalue weighted by Crippen LogP contribution is -2.17. The monoisotopic (exact) mass is 250 g/mol. The molecule has 0 spiro atoms. The second-order valence-electron chi connectivity index (χ2n) is 3.52. The summed E-state index contributed by atoms with van der Waals surface area (Å²) in [4.78, 5) is 0. The zero-order chi connectivity index (χ0) is 13.2. The molecule has 1 aromatic rings. The molecule has 0 atom stereocenters. The van der Waals surface area contributed by atoms with Crippen molar-refractivity contribution in [3.05, 3.63) is 11.3 Å². The molecule has 0 aliphatic heterocycles. The van der Waals surface area contributed by atoms with Gasteiger partial charge in [0.1, 0.15) is 11.4 Å². The third-order valence-electron chi connectivity index (χ3n) is 2.06. The first kappa shape index (κ1) is 13.3. The molecular weight excluding hydrogens is 237 g/mol. The van der Waals surface area contributed by atoms with E-state index in [1.54, 1.807) is 6.92 Å². The minimum atomic E-state index is -4.27. The maximum Gasteiger partial charge on any atom is 0.392 e. The molecule has 8 heteroatoms. The standard InChI is InChI=1S/C9H13F3N4O/c1-5-6(7(13)14)8(16(2)15-5)17-4-3-9(10,11)12/h3-4H2,1-2H3,(H3,13,14). The first-order chi connectivity index (χ1) is 7.72. The van der Waals surface area contributed by atoms with E-state index in [9.17, 15) is 13.2 Å². The van der Waals surface area contributed by atoms with Crippen molar-refractivity contribution in [3.63, 3.8) is 0 Å². The van der Waals surface area contributed by atoms with Crippen molar-refractivity contribution in [2.75, 3.05) is 6.61 Å². The quantitative estimate of drug-likeness (QED) is 0.625. The Morgan fingerprint density at radius 1 is 1.53 bits per heavy atom. The van der Waals surface area contributed by atoms with E-state index >= 15 is 0 Å². The molecule has 0 aliphatic rings. The van der Waals surface area contributed by atoms with Crippen LogP contribution < -0.4 is 10.5 Å². The molecule has 0 aromatic carbocycles. The number of nitrogen functional groups attached to an aromatic ring is 1. The number of nitrogens with one attached hydrogen (secondary N) is 1. The summed E-state index contributed by atoms with van der Waals surface area (Å²) in [6.45, 7) is 1.08. The number of hydrogen-bond acceptors (Lipinski definition) is 3. The van der Waals surface area contributed by atoms with E-state index in [2.05, 4.69) is 5.10 Å². The van der Waals surface area contributed by atoms with Gasteiger partial charge in [0.15, 0.2) is 0 Å². The molecule has 0 saturated heterocycles. The van der Waals surface area contributed by atoms with Gasteiger partial charge in [-0.05, 0) is 6.92 Å². The van der Waals surface area contributed by atoms with Crippen molar-refractivity contribution in [2.45, 2.75) is 19.5 Å². The number of hydrogen-bond donors (Lipinski definition) is 2. The maximum atomic E-state index is 12.0. The van der Waals surface area contributed by atoms with Gasteiger partial charge in [0.2, 0.25) is 5.88 Å². The lowest BCUT2D eigenvalue weighted by molar-refractivity contribution is -0.139. The summed E-state index contributed by atoms with van der Waals surface area (Å²) < 4.78 is 42.1. The molecule has 0 unspecified atom stereocenters. The minimum absolute atomic E-state index is 0.0826. The third-order valence-corrected chi connectivity index (χ3v) is 2.06. The summed E-state index contributed by atoms with van der Waals surface area (Å²) in [7, 11) is 1.52. The van der Waals surface area contributed by atoms with Gasteiger partial charge in [-0.15, -0.1) is 0 Å². The normalized spacial score (nSPS) is 11.6. The number of ether oxygens (including phenoxy) is 1. The average Bonchev–Trinajstić information content (AvgIpc) is 2.39. The fourth-order valence-corrected chi connectivity index (χ4v) is 1.38. The Morgan fingerprint density at radius 2 is 2.12 bits per heavy atom. The summed E-state index contributed by atoms with van der Waals surface area (Å²) in [5.74, 6) is -0.197. The van der Waals surface area contributed by atoms with Crippen LogP contribution in [0.5, 0.6) is 5.88 Å². The van der Waals surface area contributed by atoms with Crippen LogP contribution in [0.1, 0.15) is 17.7 Å². The predicted molar refractivity (Wildman–Crippen MR) is 55.1 cm³/mol. The van der Waals surface area contributed by atoms with Gasteiger partial charge in [-0.1, -0.05) is 0 Å². The number of rotatable bonds is 4. The highest BCUT2D eigenvalue weighted by Crippen LogP contribution is 2.23. The van der Waals surface area contributed by atoms with Gasteiger partial charge < -0.3 is 10.5 Å². The van der Waals surface area contributed by atoms with Crippen LogP contribution in [0.25, 0.3) is 0 Å². The van der Waals surface area contributed by atoms with Crippen LogP contribution in [0.4, 0.5) is 13.2 Å². The third kappa shape index (κ3) is 3.36. The Bertz CT molecular complexity index is 425. The van der Waals surface area contributed by atoms with Crippen LogP contribution >= 0.6 is 0 Å². The van der Waals surface area contributed by atoms with Crippen molar-refractivity contribution < 1.29 is 17.9 Å². The van der Waals surface area contributed by atoms with Gasteiger partial charge in [-0.25, -0.2) is 4.68 Å². The highest BCUT2D eigenvalue weighted by Gasteiger charge is 2.27. The summed E-state index contributed by atoms with van der Waals surface area (Å²) >= 11 is 0. The average molecular weight is 250 g/mol. The molecule has 0 saturated carbocycles. The summed E-state index contributed by atoms with van der Waals surface area (Å²) in [6.07, 6.45) is -5.33. The van der Waals surface area contributed by atoms with Crippen molar-refractivity contribution >= 4 is 5.84 Å². The number of aromatic nitrogens is 2. The van der Waals surface area contributed by atoms with E-state index in [0.717, 1.165) is 0 Å². The Morgan fingerprint density at radius 3 is 2.59 bits per heavy atom. The second kappa shape index (κ2) is 4.64. The summed E-state index contributed by atoms with van der Waals surface area (Å²) in [6, 6.07) is 0. The largest absolute Gasteiger partial charge is 0.477 e. The molecule has 0 radical (unpaired) electrons. The SMILES string of the molecule is Cc1nn(C)c(OCCC(F)(F)F)c1C(=N)N. The fraction of sp³-hybridized carbons (Fsp3) is 0.556. The van der Waals surface area contributed by atoms with Crippen LogP contribution in [0, 0.1) is 12.3 Å². The molecule has 0 aliphatic carbocycles. The van der Waals surface area contributed by atoms with Gasteiger partial charge in [0.05, 0.1) is 18.7 Å².